The fourth-order valence-corrected chi connectivity index (χ4v) is 2.18. The lowest BCUT2D eigenvalue weighted by Crippen LogP contribution is -2.35. The maximum absolute atomic E-state index is 11.0. The summed E-state index contributed by atoms with van der Waals surface area (Å²) < 4.78 is 5.24. The second-order valence-corrected chi connectivity index (χ2v) is 4.59. The van der Waals surface area contributed by atoms with Crippen LogP contribution in [-0.2, 0) is 10.3 Å². The van der Waals surface area contributed by atoms with Crippen LogP contribution in [0.25, 0.3) is 0 Å². The Morgan fingerprint density at radius 2 is 2.24 bits per heavy atom. The quantitative estimate of drug-likeness (QED) is 0.850. The van der Waals surface area contributed by atoms with Gasteiger partial charge < -0.3 is 14.9 Å². The fraction of sp³-hybridized carbons (Fsp3) is 0.417. The minimum absolute atomic E-state index is 0.00293. The number of rotatable bonds is 2. The smallest absolute Gasteiger partial charge is 0.337 e. The number of carbonyl (C=O) groups is 1. The highest BCUT2D eigenvalue weighted by Gasteiger charge is 2.32. The maximum Gasteiger partial charge on any atom is 0.337 e. The van der Waals surface area contributed by atoms with Gasteiger partial charge in [0.2, 0.25) is 0 Å². The highest BCUT2D eigenvalue weighted by molar-refractivity contribution is 6.33. The van der Waals surface area contributed by atoms with Gasteiger partial charge in [-0.1, -0.05) is 17.7 Å². The SMILES string of the molecule is O=C(O)c1cc([C@@]2(O)CCCOC2)ccc1Cl. The first-order valence-electron chi connectivity index (χ1n) is 5.36. The molecule has 1 aliphatic rings. The summed E-state index contributed by atoms with van der Waals surface area (Å²) in [6.07, 6.45) is 1.31. The molecule has 1 fully saturated rings. The third-order valence-corrected chi connectivity index (χ3v) is 3.28. The average molecular weight is 257 g/mol. The Bertz CT molecular complexity index is 438. The molecule has 2 rings (SSSR count). The van der Waals surface area contributed by atoms with E-state index < -0.39 is 11.6 Å². The summed E-state index contributed by atoms with van der Waals surface area (Å²) in [7, 11) is 0. The molecule has 1 atom stereocenters. The number of halogens is 1. The molecule has 0 saturated carbocycles. The molecule has 17 heavy (non-hydrogen) atoms. The van der Waals surface area contributed by atoms with E-state index in [0.717, 1.165) is 6.42 Å². The Labute approximate surface area is 104 Å². The number of benzene rings is 1. The lowest BCUT2D eigenvalue weighted by atomic mass is 9.87. The summed E-state index contributed by atoms with van der Waals surface area (Å²) in [6.45, 7) is 0.815. The zero-order chi connectivity index (χ0) is 12.5. The molecular formula is C12H13ClO4. The van der Waals surface area contributed by atoms with Crippen molar-refractivity contribution in [1.29, 1.82) is 0 Å². The summed E-state index contributed by atoms with van der Waals surface area (Å²) in [4.78, 5) is 11.0. The number of aromatic carboxylic acids is 1. The number of hydrogen-bond donors (Lipinski definition) is 2. The molecule has 0 amide bonds. The third kappa shape index (κ3) is 2.44. The van der Waals surface area contributed by atoms with Crippen molar-refractivity contribution < 1.29 is 19.7 Å². The predicted octanol–water partition coefficient (Wildman–Crippen LogP) is 2.04. The van der Waals surface area contributed by atoms with E-state index in [4.69, 9.17) is 21.4 Å². The first-order valence-corrected chi connectivity index (χ1v) is 5.74. The Balaban J connectivity index is 2.38. The Kier molecular flexibility index (Phi) is 3.38. The van der Waals surface area contributed by atoms with E-state index in [1.807, 2.05) is 0 Å². The molecule has 0 aromatic heterocycles. The molecule has 0 unspecified atom stereocenters. The van der Waals surface area contributed by atoms with Gasteiger partial charge in [-0.25, -0.2) is 4.79 Å². The van der Waals surface area contributed by atoms with Crippen LogP contribution in [0, 0.1) is 0 Å². The van der Waals surface area contributed by atoms with Crippen LogP contribution in [0.1, 0.15) is 28.8 Å². The van der Waals surface area contributed by atoms with Gasteiger partial charge in [-0.3, -0.25) is 0 Å². The van der Waals surface area contributed by atoms with Gasteiger partial charge in [-0.15, -0.1) is 0 Å². The van der Waals surface area contributed by atoms with E-state index in [1.165, 1.54) is 12.1 Å². The van der Waals surface area contributed by atoms with E-state index in [-0.39, 0.29) is 17.2 Å². The van der Waals surface area contributed by atoms with Gasteiger partial charge in [0, 0.05) is 6.61 Å². The van der Waals surface area contributed by atoms with E-state index in [0.29, 0.717) is 18.6 Å². The summed E-state index contributed by atoms with van der Waals surface area (Å²) in [5.41, 5.74) is -0.560. The van der Waals surface area contributed by atoms with Crippen LogP contribution in [0.2, 0.25) is 5.02 Å². The Morgan fingerprint density at radius 1 is 1.47 bits per heavy atom. The summed E-state index contributed by atoms with van der Waals surface area (Å²) >= 11 is 5.78. The van der Waals surface area contributed by atoms with Crippen molar-refractivity contribution in [3.05, 3.63) is 34.3 Å². The topological polar surface area (TPSA) is 66.8 Å². The molecule has 1 heterocycles. The maximum atomic E-state index is 11.0. The fourth-order valence-electron chi connectivity index (χ4n) is 1.99. The standard InChI is InChI=1S/C12H13ClO4/c13-10-3-2-8(6-9(10)11(14)15)12(16)4-1-5-17-7-12/h2-3,6,16H,1,4-5,7H2,(H,14,15)/t12-/m1/s1. The number of ether oxygens (including phenoxy) is 1. The van der Waals surface area contributed by atoms with Gasteiger partial charge in [0.25, 0.3) is 0 Å². The number of aliphatic hydroxyl groups is 1. The van der Waals surface area contributed by atoms with Gasteiger partial charge >= 0.3 is 5.97 Å². The van der Waals surface area contributed by atoms with Crippen LogP contribution in [0.5, 0.6) is 0 Å². The third-order valence-electron chi connectivity index (χ3n) is 2.95. The predicted molar refractivity (Wildman–Crippen MR) is 62.4 cm³/mol. The van der Waals surface area contributed by atoms with Crippen molar-refractivity contribution in [1.82, 2.24) is 0 Å². The number of carboxylic acids is 1. The van der Waals surface area contributed by atoms with Crippen LogP contribution >= 0.6 is 11.6 Å². The van der Waals surface area contributed by atoms with E-state index >= 15 is 0 Å². The molecule has 0 aliphatic carbocycles. The molecule has 1 aliphatic heterocycles. The monoisotopic (exact) mass is 256 g/mol. The van der Waals surface area contributed by atoms with E-state index in [2.05, 4.69) is 0 Å². The van der Waals surface area contributed by atoms with Crippen LogP contribution in [0.15, 0.2) is 18.2 Å². The Morgan fingerprint density at radius 3 is 2.82 bits per heavy atom. The first kappa shape index (κ1) is 12.4. The molecule has 92 valence electrons. The van der Waals surface area contributed by atoms with Crippen LogP contribution in [0.4, 0.5) is 0 Å². The van der Waals surface area contributed by atoms with Crippen molar-refractivity contribution in [3.8, 4) is 0 Å². The van der Waals surface area contributed by atoms with Crippen molar-refractivity contribution in [3.63, 3.8) is 0 Å². The molecule has 1 saturated heterocycles. The molecule has 1 aromatic carbocycles. The van der Waals surface area contributed by atoms with Gasteiger partial charge in [-0.2, -0.15) is 0 Å². The van der Waals surface area contributed by atoms with Crippen molar-refractivity contribution in [2.75, 3.05) is 13.2 Å². The van der Waals surface area contributed by atoms with Gasteiger partial charge in [0.15, 0.2) is 0 Å². The summed E-state index contributed by atoms with van der Waals surface area (Å²) in [5, 5.41) is 19.5. The van der Waals surface area contributed by atoms with Crippen molar-refractivity contribution in [2.24, 2.45) is 0 Å². The number of carboxylic acid groups (broad SMARTS) is 1. The summed E-state index contributed by atoms with van der Waals surface area (Å²) in [5.74, 6) is -1.10. The van der Waals surface area contributed by atoms with Gasteiger partial charge in [0.1, 0.15) is 5.60 Å². The zero-order valence-electron chi connectivity index (χ0n) is 9.15. The van der Waals surface area contributed by atoms with Crippen LogP contribution in [0.3, 0.4) is 0 Å². The second kappa shape index (κ2) is 4.64. The highest BCUT2D eigenvalue weighted by Crippen LogP contribution is 2.32. The van der Waals surface area contributed by atoms with Crippen LogP contribution < -0.4 is 0 Å². The van der Waals surface area contributed by atoms with Crippen molar-refractivity contribution >= 4 is 17.6 Å². The molecule has 2 N–H and O–H groups in total. The average Bonchev–Trinajstić information content (AvgIpc) is 2.30. The second-order valence-electron chi connectivity index (χ2n) is 4.19. The molecule has 5 heteroatoms. The van der Waals surface area contributed by atoms with E-state index in [9.17, 15) is 9.90 Å². The lowest BCUT2D eigenvalue weighted by molar-refractivity contribution is -0.0903. The minimum Gasteiger partial charge on any atom is -0.478 e. The van der Waals surface area contributed by atoms with Crippen molar-refractivity contribution in [2.45, 2.75) is 18.4 Å². The molecule has 4 nitrogen and oxygen atoms in total. The molecule has 0 bridgehead atoms. The van der Waals surface area contributed by atoms with Gasteiger partial charge in [0.05, 0.1) is 17.2 Å². The zero-order valence-corrected chi connectivity index (χ0v) is 9.91. The van der Waals surface area contributed by atoms with E-state index in [1.54, 1.807) is 6.07 Å². The molecular weight excluding hydrogens is 244 g/mol. The highest BCUT2D eigenvalue weighted by atomic mass is 35.5. The largest absolute Gasteiger partial charge is 0.478 e. The Hall–Kier alpha value is -1.10. The number of hydrogen-bond acceptors (Lipinski definition) is 3. The first-order chi connectivity index (χ1) is 8.03. The lowest BCUT2D eigenvalue weighted by Gasteiger charge is -2.32. The normalized spacial score (nSPS) is 24.6. The van der Waals surface area contributed by atoms with Crippen LogP contribution in [-0.4, -0.2) is 29.4 Å². The molecule has 0 spiro atoms. The summed E-state index contributed by atoms with van der Waals surface area (Å²) in [6, 6.07) is 4.55. The molecule has 1 aromatic rings. The minimum atomic E-state index is -1.10. The molecule has 0 radical (unpaired) electrons. The van der Waals surface area contributed by atoms with Gasteiger partial charge in [-0.05, 0) is 30.5 Å².